The molecule has 10 N–H and O–H groups in total. The summed E-state index contributed by atoms with van der Waals surface area (Å²) in [6.07, 6.45) is 5.45. The van der Waals surface area contributed by atoms with Crippen LogP contribution in [0.1, 0.15) is 44.9 Å². The monoisotopic (exact) mass is 288 g/mol. The van der Waals surface area contributed by atoms with Gasteiger partial charge in [-0.15, -0.1) is 0 Å². The number of aliphatic imine (C=N–C) groups is 1. The SMILES string of the molecule is N=C(N)NC(CCO)(CCCCCCCO)N=C(N)N. The van der Waals surface area contributed by atoms with Gasteiger partial charge >= 0.3 is 0 Å². The van der Waals surface area contributed by atoms with Crippen LogP contribution in [0.5, 0.6) is 0 Å². The van der Waals surface area contributed by atoms with E-state index in [4.69, 9.17) is 27.7 Å². The first-order valence-corrected chi connectivity index (χ1v) is 6.90. The Hall–Kier alpha value is -1.54. The number of hydrogen-bond donors (Lipinski definition) is 7. The molecule has 0 aliphatic heterocycles. The highest BCUT2D eigenvalue weighted by Crippen LogP contribution is 2.21. The van der Waals surface area contributed by atoms with Crippen LogP contribution in [-0.2, 0) is 0 Å². The number of unbranched alkanes of at least 4 members (excludes halogenated alkanes) is 4. The fourth-order valence-corrected chi connectivity index (χ4v) is 2.13. The third kappa shape index (κ3) is 8.54. The molecule has 0 heterocycles. The van der Waals surface area contributed by atoms with Gasteiger partial charge in [-0.25, -0.2) is 4.99 Å². The zero-order valence-electron chi connectivity index (χ0n) is 11.9. The van der Waals surface area contributed by atoms with E-state index in [1.807, 2.05) is 0 Å². The molecule has 0 aliphatic rings. The largest absolute Gasteiger partial charge is 0.396 e. The molecule has 20 heavy (non-hydrogen) atoms. The van der Waals surface area contributed by atoms with Gasteiger partial charge in [-0.3, -0.25) is 5.41 Å². The Labute approximate surface area is 119 Å². The Kier molecular flexibility index (Phi) is 9.48. The van der Waals surface area contributed by atoms with E-state index in [1.165, 1.54) is 0 Å². The molecule has 0 fully saturated rings. The molecule has 0 aliphatic carbocycles. The van der Waals surface area contributed by atoms with Crippen LogP contribution in [0.4, 0.5) is 0 Å². The molecule has 0 spiro atoms. The second-order valence-corrected chi connectivity index (χ2v) is 4.82. The quantitative estimate of drug-likeness (QED) is 0.148. The standard InChI is InChI=1S/C12H28N6O2/c13-10(14)17-12(7-9-20,18-11(15)16)6-4-2-1-3-5-8-19/h19-20H,1-9H2,(H4,13,14,17)(H4,15,16,18). The lowest BCUT2D eigenvalue weighted by molar-refractivity contribution is 0.217. The van der Waals surface area contributed by atoms with E-state index >= 15 is 0 Å². The molecule has 0 bridgehead atoms. The summed E-state index contributed by atoms with van der Waals surface area (Å²) < 4.78 is 0. The minimum atomic E-state index is -0.920. The number of nitrogens with zero attached hydrogens (tertiary/aromatic N) is 1. The highest BCUT2D eigenvalue weighted by atomic mass is 16.3. The van der Waals surface area contributed by atoms with Crippen LogP contribution in [-0.4, -0.2) is 41.0 Å². The highest BCUT2D eigenvalue weighted by molar-refractivity contribution is 5.78. The summed E-state index contributed by atoms with van der Waals surface area (Å²) in [5.41, 5.74) is 15.3. The number of rotatable bonds is 11. The molecule has 0 amide bonds. The van der Waals surface area contributed by atoms with Gasteiger partial charge in [0.2, 0.25) is 0 Å². The molecule has 0 aromatic carbocycles. The Bertz CT molecular complexity index is 306. The second-order valence-electron chi connectivity index (χ2n) is 4.82. The molecule has 1 unspecified atom stereocenters. The van der Waals surface area contributed by atoms with Crippen molar-refractivity contribution in [2.45, 2.75) is 50.6 Å². The molecule has 8 heteroatoms. The maximum Gasteiger partial charge on any atom is 0.188 e. The molecule has 1 atom stereocenters. The fourth-order valence-electron chi connectivity index (χ4n) is 2.13. The van der Waals surface area contributed by atoms with Gasteiger partial charge in [0.1, 0.15) is 5.66 Å². The van der Waals surface area contributed by atoms with Gasteiger partial charge in [-0.2, -0.15) is 0 Å². The first-order valence-electron chi connectivity index (χ1n) is 6.90. The molecule has 0 rings (SSSR count). The molecule has 0 aromatic rings. The third-order valence-corrected chi connectivity index (χ3v) is 2.98. The highest BCUT2D eigenvalue weighted by Gasteiger charge is 2.29. The maximum absolute atomic E-state index is 9.17. The summed E-state index contributed by atoms with van der Waals surface area (Å²) in [6, 6.07) is 0. The molecular formula is C12H28N6O2. The van der Waals surface area contributed by atoms with Crippen molar-refractivity contribution in [3.63, 3.8) is 0 Å². The molecule has 8 nitrogen and oxygen atoms in total. The molecule has 0 aromatic heterocycles. The molecule has 118 valence electrons. The van der Waals surface area contributed by atoms with Gasteiger partial charge in [0.05, 0.1) is 0 Å². The molecule has 0 radical (unpaired) electrons. The van der Waals surface area contributed by atoms with Crippen molar-refractivity contribution in [3.05, 3.63) is 0 Å². The molecule has 0 saturated heterocycles. The lowest BCUT2D eigenvalue weighted by atomic mass is 9.98. The summed E-state index contributed by atoms with van der Waals surface area (Å²) in [7, 11) is 0. The fraction of sp³-hybridized carbons (Fsp3) is 0.833. The van der Waals surface area contributed by atoms with Gasteiger partial charge < -0.3 is 32.7 Å². The smallest absolute Gasteiger partial charge is 0.188 e. The minimum absolute atomic E-state index is 0.104. The predicted octanol–water partition coefficient (Wildman–Crippen LogP) is -0.846. The number of aliphatic hydroxyl groups excluding tert-OH is 2. The van der Waals surface area contributed by atoms with E-state index in [1.54, 1.807) is 0 Å². The third-order valence-electron chi connectivity index (χ3n) is 2.98. The number of nitrogens with two attached hydrogens (primary N) is 3. The summed E-state index contributed by atoms with van der Waals surface area (Å²) in [5.74, 6) is -0.337. The second kappa shape index (κ2) is 10.3. The van der Waals surface area contributed by atoms with Crippen LogP contribution in [0.25, 0.3) is 0 Å². The van der Waals surface area contributed by atoms with Gasteiger partial charge in [0, 0.05) is 19.6 Å². The van der Waals surface area contributed by atoms with E-state index in [0.29, 0.717) is 6.42 Å². The molecular weight excluding hydrogens is 260 g/mol. The summed E-state index contributed by atoms with van der Waals surface area (Å²) >= 11 is 0. The van der Waals surface area contributed by atoms with Crippen molar-refractivity contribution in [2.75, 3.05) is 13.2 Å². The van der Waals surface area contributed by atoms with Gasteiger partial charge in [-0.05, 0) is 19.3 Å². The van der Waals surface area contributed by atoms with Crippen molar-refractivity contribution in [2.24, 2.45) is 22.2 Å². The van der Waals surface area contributed by atoms with Crippen molar-refractivity contribution in [1.29, 1.82) is 5.41 Å². The Balaban J connectivity index is 4.49. The topological polar surface area (TPSA) is 167 Å². The number of hydrogen-bond acceptors (Lipinski definition) is 4. The normalized spacial score (nSPS) is 13.5. The van der Waals surface area contributed by atoms with E-state index in [2.05, 4.69) is 10.3 Å². The van der Waals surface area contributed by atoms with Crippen molar-refractivity contribution >= 4 is 11.9 Å². The zero-order chi connectivity index (χ0) is 15.4. The Morgan fingerprint density at radius 2 is 1.55 bits per heavy atom. The van der Waals surface area contributed by atoms with Crippen molar-refractivity contribution in [1.82, 2.24) is 5.32 Å². The van der Waals surface area contributed by atoms with Crippen molar-refractivity contribution in [3.8, 4) is 0 Å². The predicted molar refractivity (Wildman–Crippen MR) is 80.1 cm³/mol. The summed E-state index contributed by atoms with van der Waals surface area (Å²) in [5, 5.41) is 28.0. The number of guanidine groups is 2. The Morgan fingerprint density at radius 3 is 2.05 bits per heavy atom. The van der Waals surface area contributed by atoms with Crippen molar-refractivity contribution < 1.29 is 10.2 Å². The zero-order valence-corrected chi connectivity index (χ0v) is 11.9. The average molecular weight is 288 g/mol. The van der Waals surface area contributed by atoms with Crippen LogP contribution in [0, 0.1) is 5.41 Å². The minimum Gasteiger partial charge on any atom is -0.396 e. The number of aliphatic hydroxyl groups is 2. The summed E-state index contributed by atoms with van der Waals surface area (Å²) in [6.45, 7) is 0.107. The van der Waals surface area contributed by atoms with Gasteiger partial charge in [-0.1, -0.05) is 19.3 Å². The van der Waals surface area contributed by atoms with Crippen LogP contribution in [0.2, 0.25) is 0 Å². The van der Waals surface area contributed by atoms with E-state index in [9.17, 15) is 5.11 Å². The van der Waals surface area contributed by atoms with Crippen LogP contribution in [0.15, 0.2) is 4.99 Å². The van der Waals surface area contributed by atoms with Crippen LogP contribution in [0.3, 0.4) is 0 Å². The van der Waals surface area contributed by atoms with Gasteiger partial charge in [0.25, 0.3) is 0 Å². The van der Waals surface area contributed by atoms with E-state index in [-0.39, 0.29) is 31.6 Å². The lowest BCUT2D eigenvalue weighted by Crippen LogP contribution is -2.52. The maximum atomic E-state index is 9.17. The van der Waals surface area contributed by atoms with E-state index < -0.39 is 5.66 Å². The van der Waals surface area contributed by atoms with Gasteiger partial charge in [0.15, 0.2) is 11.9 Å². The number of nitrogens with one attached hydrogen (secondary N) is 2. The first kappa shape index (κ1) is 18.5. The average Bonchev–Trinajstić information content (AvgIpc) is 2.32. The lowest BCUT2D eigenvalue weighted by Gasteiger charge is -2.31. The van der Waals surface area contributed by atoms with Crippen LogP contribution >= 0.6 is 0 Å². The first-order chi connectivity index (χ1) is 9.45. The Morgan fingerprint density at radius 1 is 0.950 bits per heavy atom. The van der Waals surface area contributed by atoms with Crippen LogP contribution < -0.4 is 22.5 Å². The summed E-state index contributed by atoms with van der Waals surface area (Å²) in [4.78, 5) is 4.11. The molecule has 0 saturated carbocycles. The van der Waals surface area contributed by atoms with E-state index in [0.717, 1.165) is 32.1 Å².